The van der Waals surface area contributed by atoms with Gasteiger partial charge in [0.05, 0.1) is 0 Å². The first-order valence-electron chi connectivity index (χ1n) is 2.75. The Morgan fingerprint density at radius 3 is 2.67 bits per heavy atom. The molecule has 0 atom stereocenters. The van der Waals surface area contributed by atoms with E-state index in [1.165, 1.54) is 0 Å². The van der Waals surface area contributed by atoms with Crippen molar-refractivity contribution in [3.8, 4) is 0 Å². The van der Waals surface area contributed by atoms with Crippen LogP contribution >= 0.6 is 12.6 Å². The highest BCUT2D eigenvalue weighted by molar-refractivity contribution is 7.96. The van der Waals surface area contributed by atoms with E-state index in [4.69, 9.17) is 4.43 Å². The lowest BCUT2D eigenvalue weighted by atomic mass is 10.5. The molecule has 0 amide bonds. The van der Waals surface area contributed by atoms with Gasteiger partial charge >= 0.3 is 0 Å². The Kier molecular flexibility index (Phi) is 5.13. The average Bonchev–Trinajstić information content (AvgIpc) is 1.83. The molecule has 0 aromatic heterocycles. The van der Waals surface area contributed by atoms with E-state index >= 15 is 0 Å². The largest absolute Gasteiger partial charge is 0.420 e. The van der Waals surface area contributed by atoms with Crippen molar-refractivity contribution in [1.82, 2.24) is 0 Å². The molecule has 1 radical (unpaired) electrons. The summed E-state index contributed by atoms with van der Waals surface area (Å²) in [6.07, 6.45) is 0.543. The van der Waals surface area contributed by atoms with Crippen LogP contribution in [0.1, 0.15) is 6.42 Å². The molecule has 0 bridgehead atoms. The summed E-state index contributed by atoms with van der Waals surface area (Å²) in [5.41, 5.74) is 0. The summed E-state index contributed by atoms with van der Waals surface area (Å²) in [4.78, 5) is 10.3. The Labute approximate surface area is 62.7 Å². The second kappa shape index (κ2) is 5.02. The van der Waals surface area contributed by atoms with Crippen molar-refractivity contribution in [2.24, 2.45) is 0 Å². The summed E-state index contributed by atoms with van der Waals surface area (Å²) in [6.45, 7) is 2.03. The monoisotopic (exact) mass is 163 g/mol. The Morgan fingerprint density at radius 1 is 1.78 bits per heavy atom. The molecule has 9 heavy (non-hydrogen) atoms. The van der Waals surface area contributed by atoms with Crippen molar-refractivity contribution < 1.29 is 9.22 Å². The second-order valence-electron chi connectivity index (χ2n) is 1.80. The number of carbonyl (C=O) groups is 1. The van der Waals surface area contributed by atoms with Crippen molar-refractivity contribution in [2.45, 2.75) is 19.0 Å². The first kappa shape index (κ1) is 9.20. The van der Waals surface area contributed by atoms with E-state index in [0.29, 0.717) is 6.42 Å². The van der Waals surface area contributed by atoms with E-state index in [-0.39, 0.29) is 5.12 Å². The first-order chi connectivity index (χ1) is 4.16. The standard InChI is InChI=1S/C5H11O2SSi/c1-7-9(2)4-3-5(6)8/h3-4H2,1-2H3,(H,6,8). The number of rotatable bonds is 4. The molecule has 0 fully saturated rings. The van der Waals surface area contributed by atoms with Crippen LogP contribution in [0.3, 0.4) is 0 Å². The summed E-state index contributed by atoms with van der Waals surface area (Å²) in [7, 11) is 0.984. The van der Waals surface area contributed by atoms with E-state index in [2.05, 4.69) is 12.6 Å². The van der Waals surface area contributed by atoms with Crippen molar-refractivity contribution in [1.29, 1.82) is 0 Å². The average molecular weight is 163 g/mol. The van der Waals surface area contributed by atoms with E-state index in [1.54, 1.807) is 7.11 Å². The van der Waals surface area contributed by atoms with Gasteiger partial charge in [-0.1, -0.05) is 0 Å². The molecule has 0 N–H and O–H groups in total. The van der Waals surface area contributed by atoms with Gasteiger partial charge in [-0.15, -0.1) is 12.6 Å². The molecule has 0 aromatic rings. The van der Waals surface area contributed by atoms with Crippen LogP contribution in [-0.4, -0.2) is 21.3 Å². The van der Waals surface area contributed by atoms with Crippen molar-refractivity contribution in [2.75, 3.05) is 7.11 Å². The molecule has 0 saturated carbocycles. The van der Waals surface area contributed by atoms with Crippen LogP contribution in [0.5, 0.6) is 0 Å². The minimum absolute atomic E-state index is 0.0450. The first-order valence-corrected chi connectivity index (χ1v) is 5.31. The van der Waals surface area contributed by atoms with Gasteiger partial charge in [0.2, 0.25) is 9.04 Å². The van der Waals surface area contributed by atoms with Crippen LogP contribution in [0.4, 0.5) is 0 Å². The zero-order valence-corrected chi connectivity index (χ0v) is 7.57. The summed E-state index contributed by atoms with van der Waals surface area (Å²) in [5, 5.41) is -0.0450. The summed E-state index contributed by atoms with van der Waals surface area (Å²) >= 11 is 3.63. The van der Waals surface area contributed by atoms with Gasteiger partial charge < -0.3 is 4.43 Å². The zero-order chi connectivity index (χ0) is 7.28. The third-order valence-electron chi connectivity index (χ3n) is 1.04. The fraction of sp³-hybridized carbons (Fsp3) is 0.800. The van der Waals surface area contributed by atoms with Crippen molar-refractivity contribution in [3.05, 3.63) is 0 Å². The molecule has 0 aromatic carbocycles. The third-order valence-corrected chi connectivity index (χ3v) is 2.91. The quantitative estimate of drug-likeness (QED) is 0.496. The fourth-order valence-corrected chi connectivity index (χ4v) is 1.49. The maximum atomic E-state index is 10.3. The van der Waals surface area contributed by atoms with Crippen molar-refractivity contribution in [3.63, 3.8) is 0 Å². The smallest absolute Gasteiger partial charge is 0.208 e. The third kappa shape index (κ3) is 6.08. The Hall–Kier alpha value is 0.197. The van der Waals surface area contributed by atoms with Crippen LogP contribution in [0.15, 0.2) is 0 Å². The molecule has 0 rings (SSSR count). The Balaban J connectivity index is 3.16. The molecule has 0 spiro atoms. The second-order valence-corrected chi connectivity index (χ2v) is 4.61. The minimum Gasteiger partial charge on any atom is -0.420 e. The molecule has 0 aliphatic heterocycles. The SMILES string of the molecule is CO[Si](C)CCC(=O)S. The van der Waals surface area contributed by atoms with Crippen LogP contribution in [0.25, 0.3) is 0 Å². The topological polar surface area (TPSA) is 26.3 Å². The number of carbonyl (C=O) groups excluding carboxylic acids is 1. The fourth-order valence-electron chi connectivity index (χ4n) is 0.385. The molecule has 53 valence electrons. The highest BCUT2D eigenvalue weighted by Crippen LogP contribution is 2.00. The lowest BCUT2D eigenvalue weighted by molar-refractivity contribution is -0.110. The molecule has 2 nitrogen and oxygen atoms in total. The summed E-state index contributed by atoms with van der Waals surface area (Å²) in [5.74, 6) is 0. The predicted octanol–water partition coefficient (Wildman–Crippen LogP) is 1.10. The maximum Gasteiger partial charge on any atom is 0.208 e. The molecule has 4 heteroatoms. The highest BCUT2D eigenvalue weighted by atomic mass is 32.1. The maximum absolute atomic E-state index is 10.3. The van der Waals surface area contributed by atoms with Gasteiger partial charge in [0.1, 0.15) is 0 Å². The van der Waals surface area contributed by atoms with Gasteiger partial charge in [-0.3, -0.25) is 4.79 Å². The normalized spacial score (nSPS) is 10.2. The van der Waals surface area contributed by atoms with E-state index in [0.717, 1.165) is 6.04 Å². The predicted molar refractivity (Wildman–Crippen MR) is 42.0 cm³/mol. The summed E-state index contributed by atoms with van der Waals surface area (Å²) < 4.78 is 5.02. The van der Waals surface area contributed by atoms with Gasteiger partial charge in [0.15, 0.2) is 5.12 Å². The van der Waals surface area contributed by atoms with E-state index in [1.807, 2.05) is 6.55 Å². The van der Waals surface area contributed by atoms with Gasteiger partial charge in [0.25, 0.3) is 0 Å². The van der Waals surface area contributed by atoms with E-state index < -0.39 is 9.04 Å². The lowest BCUT2D eigenvalue weighted by Crippen LogP contribution is -2.10. The Morgan fingerprint density at radius 2 is 2.33 bits per heavy atom. The minimum atomic E-state index is -0.694. The lowest BCUT2D eigenvalue weighted by Gasteiger charge is -2.02. The van der Waals surface area contributed by atoms with Gasteiger partial charge in [-0.05, 0) is 12.6 Å². The van der Waals surface area contributed by atoms with Gasteiger partial charge in [-0.2, -0.15) is 0 Å². The van der Waals surface area contributed by atoms with Crippen LogP contribution in [-0.2, 0) is 9.22 Å². The molecule has 0 unspecified atom stereocenters. The molecule has 0 heterocycles. The van der Waals surface area contributed by atoms with Crippen LogP contribution in [0, 0.1) is 0 Å². The number of hydrogen-bond acceptors (Lipinski definition) is 2. The summed E-state index contributed by atoms with van der Waals surface area (Å²) in [6, 6.07) is 0.865. The van der Waals surface area contributed by atoms with E-state index in [9.17, 15) is 4.79 Å². The van der Waals surface area contributed by atoms with Crippen molar-refractivity contribution >= 4 is 26.8 Å². The molecule has 0 aliphatic carbocycles. The van der Waals surface area contributed by atoms with Gasteiger partial charge in [-0.25, -0.2) is 0 Å². The molecule has 0 saturated heterocycles. The molecular weight excluding hydrogens is 152 g/mol. The number of thiol groups is 1. The molecular formula is C5H11O2SSi. The Bertz CT molecular complexity index is 97.0. The number of hydrogen-bond donors (Lipinski definition) is 1. The molecule has 0 aliphatic rings. The highest BCUT2D eigenvalue weighted by Gasteiger charge is 2.04. The van der Waals surface area contributed by atoms with Crippen LogP contribution in [0.2, 0.25) is 12.6 Å². The zero-order valence-electron chi connectivity index (χ0n) is 5.68. The van der Waals surface area contributed by atoms with Gasteiger partial charge in [0, 0.05) is 13.5 Å². The van der Waals surface area contributed by atoms with Crippen LogP contribution < -0.4 is 0 Å².